The van der Waals surface area contributed by atoms with E-state index in [1.165, 1.54) is 0 Å². The summed E-state index contributed by atoms with van der Waals surface area (Å²) >= 11 is 7.27. The number of hydrogen-bond acceptors (Lipinski definition) is 7. The first-order valence-corrected chi connectivity index (χ1v) is 13.1. The van der Waals surface area contributed by atoms with Crippen LogP contribution in [0.3, 0.4) is 0 Å². The molecule has 0 saturated heterocycles. The Labute approximate surface area is 226 Å². The number of halogens is 1. The number of benzene rings is 3. The molecule has 0 bridgehead atoms. The van der Waals surface area contributed by atoms with Crippen molar-refractivity contribution in [2.45, 2.75) is 13.8 Å². The highest BCUT2D eigenvalue weighted by Gasteiger charge is 2.25. The van der Waals surface area contributed by atoms with Gasteiger partial charge >= 0.3 is 5.97 Å². The van der Waals surface area contributed by atoms with Gasteiger partial charge < -0.3 is 14.8 Å². The lowest BCUT2D eigenvalue weighted by atomic mass is 10.0. The predicted molar refractivity (Wildman–Crippen MR) is 149 cm³/mol. The van der Waals surface area contributed by atoms with Crippen LogP contribution in [-0.4, -0.2) is 34.9 Å². The molecule has 0 aliphatic rings. The van der Waals surface area contributed by atoms with E-state index in [1.807, 2.05) is 37.3 Å². The number of rotatable bonds is 7. The maximum absolute atomic E-state index is 13.7. The van der Waals surface area contributed by atoms with Crippen LogP contribution in [0.1, 0.15) is 34.7 Å². The minimum Gasteiger partial charge on any atom is -0.493 e. The number of carbonyl (C=O) groups excluding carboxylic acids is 2. The molecule has 192 valence electrons. The number of hydrogen-bond donors (Lipinski definition) is 1. The smallest absolute Gasteiger partial charge is 0.359 e. The second-order valence-corrected chi connectivity index (χ2v) is 9.48. The summed E-state index contributed by atoms with van der Waals surface area (Å²) in [5, 5.41) is 11.5. The van der Waals surface area contributed by atoms with Gasteiger partial charge in [0.25, 0.3) is 11.5 Å². The van der Waals surface area contributed by atoms with Crippen LogP contribution in [-0.2, 0) is 4.74 Å². The summed E-state index contributed by atoms with van der Waals surface area (Å²) in [6.07, 6.45) is 0. The van der Waals surface area contributed by atoms with E-state index < -0.39 is 17.4 Å². The van der Waals surface area contributed by atoms with E-state index in [-0.39, 0.29) is 28.1 Å². The van der Waals surface area contributed by atoms with Gasteiger partial charge in [-0.25, -0.2) is 4.79 Å². The van der Waals surface area contributed by atoms with Crippen molar-refractivity contribution in [2.75, 3.05) is 18.5 Å². The van der Waals surface area contributed by atoms with E-state index >= 15 is 0 Å². The summed E-state index contributed by atoms with van der Waals surface area (Å²) in [6, 6.07) is 17.7. The third-order valence-corrected chi connectivity index (χ3v) is 6.95. The molecule has 3 aromatic carbocycles. The molecular formula is C28H22ClN3O5S. The second-order valence-electron chi connectivity index (χ2n) is 8.17. The van der Waals surface area contributed by atoms with E-state index in [1.54, 1.807) is 42.6 Å². The van der Waals surface area contributed by atoms with Crippen molar-refractivity contribution in [2.24, 2.45) is 0 Å². The molecule has 2 aromatic heterocycles. The molecule has 1 N–H and O–H groups in total. The molecule has 2 heterocycles. The number of nitrogens with one attached hydrogen (secondary N) is 1. The predicted octanol–water partition coefficient (Wildman–Crippen LogP) is 6.08. The van der Waals surface area contributed by atoms with Crippen LogP contribution < -0.4 is 15.6 Å². The number of anilines is 1. The van der Waals surface area contributed by atoms with Gasteiger partial charge in [-0.2, -0.15) is 9.78 Å². The Hall–Kier alpha value is -4.21. The first-order chi connectivity index (χ1) is 18.4. The van der Waals surface area contributed by atoms with Crippen molar-refractivity contribution in [3.8, 4) is 11.4 Å². The van der Waals surface area contributed by atoms with E-state index in [9.17, 15) is 14.4 Å². The summed E-state index contributed by atoms with van der Waals surface area (Å²) in [6.45, 7) is 4.03. The first-order valence-electron chi connectivity index (χ1n) is 11.9. The molecule has 0 aliphatic heterocycles. The van der Waals surface area contributed by atoms with Gasteiger partial charge in [0.05, 0.1) is 29.9 Å². The zero-order chi connectivity index (χ0) is 26.8. The number of amides is 1. The Kier molecular flexibility index (Phi) is 7.13. The number of esters is 1. The van der Waals surface area contributed by atoms with Crippen LogP contribution in [0.15, 0.2) is 70.8 Å². The Morgan fingerprint density at radius 2 is 1.84 bits per heavy atom. The zero-order valence-electron chi connectivity index (χ0n) is 20.5. The molecule has 0 fully saturated rings. The molecule has 0 unspecified atom stereocenters. The second kappa shape index (κ2) is 10.6. The van der Waals surface area contributed by atoms with Crippen molar-refractivity contribution in [1.29, 1.82) is 0 Å². The minimum atomic E-state index is -0.684. The van der Waals surface area contributed by atoms with Gasteiger partial charge in [0.1, 0.15) is 10.8 Å². The maximum atomic E-state index is 13.7. The number of carbonyl (C=O) groups is 2. The fourth-order valence-corrected chi connectivity index (χ4v) is 5.32. The third kappa shape index (κ3) is 4.62. The standard InChI is InChI=1S/C28H22ClN3O5S/c1-3-36-21-13-12-16-8-5-6-11-19(16)22(21)25(33)30-26-23-20(15-38-26)24(28(35)37-4-2)31-32(27(23)34)18-10-7-9-17(29)14-18/h5-15H,3-4H2,1-2H3,(H,30,33). The third-order valence-electron chi connectivity index (χ3n) is 5.82. The van der Waals surface area contributed by atoms with Gasteiger partial charge in [-0.3, -0.25) is 9.59 Å². The topological polar surface area (TPSA) is 99.5 Å². The molecule has 0 radical (unpaired) electrons. The molecule has 0 aliphatic carbocycles. The number of ether oxygens (including phenoxy) is 2. The molecule has 10 heteroatoms. The van der Waals surface area contributed by atoms with Crippen molar-refractivity contribution in [3.63, 3.8) is 0 Å². The molecule has 0 saturated carbocycles. The van der Waals surface area contributed by atoms with E-state index in [4.69, 9.17) is 21.1 Å². The van der Waals surface area contributed by atoms with Gasteiger partial charge in [0, 0.05) is 15.8 Å². The highest BCUT2D eigenvalue weighted by Crippen LogP contribution is 2.34. The van der Waals surface area contributed by atoms with E-state index in [0.717, 1.165) is 21.4 Å². The van der Waals surface area contributed by atoms with Gasteiger partial charge in [-0.05, 0) is 48.9 Å². The first kappa shape index (κ1) is 25.4. The number of aromatic nitrogens is 2. The molecule has 5 rings (SSSR count). The lowest BCUT2D eigenvalue weighted by molar-refractivity contribution is 0.0520. The molecule has 38 heavy (non-hydrogen) atoms. The largest absolute Gasteiger partial charge is 0.493 e. The Bertz CT molecular complexity index is 1760. The van der Waals surface area contributed by atoms with E-state index in [2.05, 4.69) is 10.4 Å². The SMILES string of the molecule is CCOC(=O)c1nn(-c2cccc(Cl)c2)c(=O)c2c(NC(=O)c3c(OCC)ccc4ccccc34)scc12. The summed E-state index contributed by atoms with van der Waals surface area (Å²) in [7, 11) is 0. The van der Waals surface area contributed by atoms with Crippen molar-refractivity contribution >= 4 is 61.4 Å². The molecule has 0 spiro atoms. The average molecular weight is 548 g/mol. The zero-order valence-corrected chi connectivity index (χ0v) is 22.1. The van der Waals surface area contributed by atoms with Crippen LogP contribution in [0.4, 0.5) is 5.00 Å². The van der Waals surface area contributed by atoms with Crippen molar-refractivity contribution < 1.29 is 19.1 Å². The fourth-order valence-electron chi connectivity index (χ4n) is 4.20. The number of thiophene rings is 1. The monoisotopic (exact) mass is 547 g/mol. The number of nitrogens with zero attached hydrogens (tertiary/aromatic N) is 2. The molecule has 5 aromatic rings. The molecular weight excluding hydrogens is 526 g/mol. The van der Waals surface area contributed by atoms with Crippen LogP contribution in [0, 0.1) is 0 Å². The summed E-state index contributed by atoms with van der Waals surface area (Å²) < 4.78 is 12.0. The van der Waals surface area contributed by atoms with Crippen molar-refractivity contribution in [1.82, 2.24) is 9.78 Å². The Balaban J connectivity index is 1.68. The van der Waals surface area contributed by atoms with Crippen molar-refractivity contribution in [3.05, 3.63) is 92.7 Å². The highest BCUT2D eigenvalue weighted by atomic mass is 35.5. The summed E-state index contributed by atoms with van der Waals surface area (Å²) in [5.41, 5.74) is 0.153. The van der Waals surface area contributed by atoms with Crippen LogP contribution >= 0.6 is 22.9 Å². The quantitative estimate of drug-likeness (QED) is 0.248. The van der Waals surface area contributed by atoms with Crippen LogP contribution in [0.2, 0.25) is 5.02 Å². The molecule has 0 atom stereocenters. The van der Waals surface area contributed by atoms with Gasteiger partial charge in [-0.1, -0.05) is 48.0 Å². The Morgan fingerprint density at radius 3 is 2.61 bits per heavy atom. The van der Waals surface area contributed by atoms with E-state index in [0.29, 0.717) is 34.0 Å². The summed E-state index contributed by atoms with van der Waals surface area (Å²) in [4.78, 5) is 40.2. The van der Waals surface area contributed by atoms with Crippen LogP contribution in [0.5, 0.6) is 5.75 Å². The normalized spacial score (nSPS) is 11.0. The average Bonchev–Trinajstić information content (AvgIpc) is 3.33. The maximum Gasteiger partial charge on any atom is 0.359 e. The lowest BCUT2D eigenvalue weighted by Gasteiger charge is -2.13. The van der Waals surface area contributed by atoms with Gasteiger partial charge in [-0.15, -0.1) is 11.3 Å². The lowest BCUT2D eigenvalue weighted by Crippen LogP contribution is -2.25. The van der Waals surface area contributed by atoms with Gasteiger partial charge in [0.2, 0.25) is 0 Å². The minimum absolute atomic E-state index is 0.0432. The van der Waals surface area contributed by atoms with Gasteiger partial charge in [0.15, 0.2) is 5.69 Å². The highest BCUT2D eigenvalue weighted by molar-refractivity contribution is 7.16. The van der Waals surface area contributed by atoms with Crippen LogP contribution in [0.25, 0.3) is 27.2 Å². The fraction of sp³-hybridized carbons (Fsp3) is 0.143. The Morgan fingerprint density at radius 1 is 1.03 bits per heavy atom. The molecule has 1 amide bonds. The summed E-state index contributed by atoms with van der Waals surface area (Å²) in [5.74, 6) is -0.705. The molecule has 8 nitrogen and oxygen atoms in total. The number of fused-ring (bicyclic) bond motifs is 2.